The minimum absolute atomic E-state index is 0.270. The largest absolute Gasteiger partial charge is 0.463 e. The molecule has 0 spiro atoms. The van der Waals surface area contributed by atoms with E-state index in [2.05, 4.69) is 10.6 Å². The molecule has 1 aromatic carbocycles. The highest BCUT2D eigenvalue weighted by atomic mass is 35.5. The zero-order chi connectivity index (χ0) is 14.7. The van der Waals surface area contributed by atoms with E-state index in [9.17, 15) is 9.59 Å². The van der Waals surface area contributed by atoms with Crippen LogP contribution in [0.5, 0.6) is 0 Å². The average molecular weight is 295 g/mol. The molecule has 1 aliphatic rings. The summed E-state index contributed by atoms with van der Waals surface area (Å²) in [5.74, 6) is -0.456. The van der Waals surface area contributed by atoms with Gasteiger partial charge >= 0.3 is 12.0 Å². The summed E-state index contributed by atoms with van der Waals surface area (Å²) >= 11 is 5.96. The van der Waals surface area contributed by atoms with Crippen molar-refractivity contribution in [2.75, 3.05) is 6.61 Å². The Morgan fingerprint density at radius 3 is 2.85 bits per heavy atom. The van der Waals surface area contributed by atoms with Crippen molar-refractivity contribution >= 4 is 23.6 Å². The third-order valence-corrected chi connectivity index (χ3v) is 3.18. The van der Waals surface area contributed by atoms with Crippen molar-refractivity contribution in [3.63, 3.8) is 0 Å². The summed E-state index contributed by atoms with van der Waals surface area (Å²) in [4.78, 5) is 23.7. The molecule has 0 saturated carbocycles. The second-order valence-corrected chi connectivity index (χ2v) is 4.78. The first-order valence-corrected chi connectivity index (χ1v) is 6.61. The van der Waals surface area contributed by atoms with Crippen molar-refractivity contribution in [2.45, 2.75) is 19.9 Å². The normalized spacial score (nSPS) is 18.4. The Kier molecular flexibility index (Phi) is 4.29. The Bertz CT molecular complexity index is 584. The summed E-state index contributed by atoms with van der Waals surface area (Å²) in [6, 6.07) is 6.08. The van der Waals surface area contributed by atoms with Crippen LogP contribution in [0.4, 0.5) is 4.79 Å². The van der Waals surface area contributed by atoms with Gasteiger partial charge in [0.2, 0.25) is 0 Å². The molecular weight excluding hydrogens is 280 g/mol. The van der Waals surface area contributed by atoms with Crippen LogP contribution in [0.2, 0.25) is 5.02 Å². The van der Waals surface area contributed by atoms with Gasteiger partial charge in [0.1, 0.15) is 0 Å². The molecule has 1 heterocycles. The number of amides is 2. The quantitative estimate of drug-likeness (QED) is 0.842. The van der Waals surface area contributed by atoms with Gasteiger partial charge in [0.25, 0.3) is 0 Å². The fourth-order valence-corrected chi connectivity index (χ4v) is 2.31. The van der Waals surface area contributed by atoms with E-state index in [1.165, 1.54) is 0 Å². The van der Waals surface area contributed by atoms with Gasteiger partial charge in [-0.1, -0.05) is 23.7 Å². The van der Waals surface area contributed by atoms with Gasteiger partial charge in [-0.25, -0.2) is 9.59 Å². The van der Waals surface area contributed by atoms with Gasteiger partial charge in [-0.2, -0.15) is 0 Å². The van der Waals surface area contributed by atoms with E-state index >= 15 is 0 Å². The maximum atomic E-state index is 12.1. The van der Waals surface area contributed by atoms with Gasteiger partial charge < -0.3 is 15.4 Å². The first kappa shape index (κ1) is 14.4. The van der Waals surface area contributed by atoms with E-state index in [-0.39, 0.29) is 12.6 Å². The maximum absolute atomic E-state index is 12.1. The van der Waals surface area contributed by atoms with Crippen LogP contribution in [0.25, 0.3) is 0 Å². The second-order valence-electron chi connectivity index (χ2n) is 4.35. The summed E-state index contributed by atoms with van der Waals surface area (Å²) in [7, 11) is 0. The van der Waals surface area contributed by atoms with Gasteiger partial charge in [-0.3, -0.25) is 0 Å². The molecule has 2 N–H and O–H groups in total. The topological polar surface area (TPSA) is 67.4 Å². The van der Waals surface area contributed by atoms with Crippen LogP contribution >= 0.6 is 11.6 Å². The smallest absolute Gasteiger partial charge is 0.338 e. The Balaban J connectivity index is 2.44. The molecule has 1 aromatic rings. The second kappa shape index (κ2) is 5.96. The molecule has 5 nitrogen and oxygen atoms in total. The Morgan fingerprint density at radius 1 is 1.45 bits per heavy atom. The predicted molar refractivity (Wildman–Crippen MR) is 75.2 cm³/mol. The van der Waals surface area contributed by atoms with Crippen LogP contribution in [0.3, 0.4) is 0 Å². The van der Waals surface area contributed by atoms with Crippen molar-refractivity contribution in [3.8, 4) is 0 Å². The van der Waals surface area contributed by atoms with Crippen LogP contribution in [-0.4, -0.2) is 18.6 Å². The number of carbonyl (C=O) groups excluding carboxylic acids is 2. The van der Waals surface area contributed by atoms with Gasteiger partial charge in [0, 0.05) is 10.7 Å². The van der Waals surface area contributed by atoms with Crippen LogP contribution in [0, 0.1) is 0 Å². The number of ether oxygens (including phenoxy) is 1. The molecule has 106 valence electrons. The lowest BCUT2D eigenvalue weighted by atomic mass is 9.96. The number of allylic oxidation sites excluding steroid dienone is 1. The number of hydrogen-bond acceptors (Lipinski definition) is 3. The highest BCUT2D eigenvalue weighted by molar-refractivity contribution is 6.30. The lowest BCUT2D eigenvalue weighted by Gasteiger charge is -2.28. The molecule has 2 amide bonds. The third kappa shape index (κ3) is 2.93. The fraction of sp³-hybridized carbons (Fsp3) is 0.286. The Morgan fingerprint density at radius 2 is 2.20 bits per heavy atom. The lowest BCUT2D eigenvalue weighted by molar-refractivity contribution is -0.139. The van der Waals surface area contributed by atoms with E-state index in [4.69, 9.17) is 16.3 Å². The number of halogens is 1. The van der Waals surface area contributed by atoms with Crippen molar-refractivity contribution < 1.29 is 14.3 Å². The molecule has 1 unspecified atom stereocenters. The van der Waals surface area contributed by atoms with Gasteiger partial charge in [-0.15, -0.1) is 0 Å². The average Bonchev–Trinajstić information content (AvgIpc) is 2.37. The Labute approximate surface area is 121 Å². The standard InChI is InChI=1S/C14H15ClN2O3/c1-3-20-13(18)11-8(2)16-14(19)17-12(11)9-5-4-6-10(15)7-9/h4-7,12H,3H2,1-2H3,(H2,16,17,19). The van der Waals surface area contributed by atoms with Crippen molar-refractivity contribution in [1.29, 1.82) is 0 Å². The number of hydrogen-bond donors (Lipinski definition) is 2. The lowest BCUT2D eigenvalue weighted by Crippen LogP contribution is -2.45. The van der Waals surface area contributed by atoms with Gasteiger partial charge in [0.05, 0.1) is 18.2 Å². The number of nitrogens with one attached hydrogen (secondary N) is 2. The molecule has 0 saturated heterocycles. The molecule has 0 aliphatic carbocycles. The third-order valence-electron chi connectivity index (χ3n) is 2.95. The molecule has 2 rings (SSSR count). The van der Waals surface area contributed by atoms with E-state index in [0.717, 1.165) is 5.56 Å². The molecule has 1 atom stereocenters. The molecule has 0 radical (unpaired) electrons. The summed E-state index contributed by atoms with van der Waals surface area (Å²) < 4.78 is 5.05. The summed E-state index contributed by atoms with van der Waals surface area (Å²) in [6.07, 6.45) is 0. The van der Waals surface area contributed by atoms with Crippen LogP contribution in [0.1, 0.15) is 25.5 Å². The predicted octanol–water partition coefficient (Wildman–Crippen LogP) is 2.53. The highest BCUT2D eigenvalue weighted by Gasteiger charge is 2.32. The van der Waals surface area contributed by atoms with Gasteiger partial charge in [0.15, 0.2) is 0 Å². The molecule has 0 fully saturated rings. The molecule has 6 heteroatoms. The maximum Gasteiger partial charge on any atom is 0.338 e. The summed E-state index contributed by atoms with van der Waals surface area (Å²) in [5, 5.41) is 5.83. The van der Waals surface area contributed by atoms with Crippen molar-refractivity contribution in [1.82, 2.24) is 10.6 Å². The summed E-state index contributed by atoms with van der Waals surface area (Å²) in [5.41, 5.74) is 1.60. The number of benzene rings is 1. The van der Waals surface area contributed by atoms with E-state index in [0.29, 0.717) is 16.3 Å². The number of urea groups is 1. The van der Waals surface area contributed by atoms with E-state index in [1.54, 1.807) is 38.1 Å². The first-order chi connectivity index (χ1) is 9.52. The van der Waals surface area contributed by atoms with E-state index < -0.39 is 12.0 Å². The molecule has 0 bridgehead atoms. The molecule has 20 heavy (non-hydrogen) atoms. The SMILES string of the molecule is CCOC(=O)C1=C(C)NC(=O)NC1c1cccc(Cl)c1. The van der Waals surface area contributed by atoms with Crippen LogP contribution < -0.4 is 10.6 Å². The first-order valence-electron chi connectivity index (χ1n) is 6.23. The minimum Gasteiger partial charge on any atom is -0.463 e. The molecule has 0 aromatic heterocycles. The number of esters is 1. The molecular formula is C14H15ClN2O3. The zero-order valence-corrected chi connectivity index (χ0v) is 12.0. The van der Waals surface area contributed by atoms with Crippen molar-refractivity contribution in [3.05, 3.63) is 46.1 Å². The van der Waals surface area contributed by atoms with Gasteiger partial charge in [-0.05, 0) is 31.5 Å². The number of rotatable bonds is 3. The minimum atomic E-state index is -0.568. The van der Waals surface area contributed by atoms with Crippen molar-refractivity contribution in [2.24, 2.45) is 0 Å². The zero-order valence-electron chi connectivity index (χ0n) is 11.2. The molecule has 1 aliphatic heterocycles. The van der Waals surface area contributed by atoms with Crippen LogP contribution in [0.15, 0.2) is 35.5 Å². The number of carbonyl (C=O) groups is 2. The van der Waals surface area contributed by atoms with E-state index in [1.807, 2.05) is 0 Å². The highest BCUT2D eigenvalue weighted by Crippen LogP contribution is 2.28. The monoisotopic (exact) mass is 294 g/mol. The fourth-order valence-electron chi connectivity index (χ4n) is 2.11. The summed E-state index contributed by atoms with van der Waals surface area (Å²) in [6.45, 7) is 3.67. The van der Waals surface area contributed by atoms with Crippen LogP contribution in [-0.2, 0) is 9.53 Å². The Hall–Kier alpha value is -2.01.